The topological polar surface area (TPSA) is 60.3 Å². The number of rotatable bonds is 0. The van der Waals surface area contributed by atoms with Crippen molar-refractivity contribution in [1.82, 2.24) is 5.32 Å². The van der Waals surface area contributed by atoms with Crippen molar-refractivity contribution in [3.63, 3.8) is 0 Å². The molecule has 0 aliphatic carbocycles. The van der Waals surface area contributed by atoms with Crippen LogP contribution in [0.5, 0.6) is 0 Å². The molecule has 1 aliphatic heterocycles. The molecule has 1 aromatic carbocycles. The van der Waals surface area contributed by atoms with Gasteiger partial charge in [0.05, 0.1) is 0 Å². The summed E-state index contributed by atoms with van der Waals surface area (Å²) in [7, 11) is 0. The summed E-state index contributed by atoms with van der Waals surface area (Å²) in [6, 6.07) is 0. The van der Waals surface area contributed by atoms with E-state index >= 15 is 0 Å². The maximum absolute atomic E-state index is 13.2. The van der Waals surface area contributed by atoms with Gasteiger partial charge in [-0.05, 0) is 0 Å². The van der Waals surface area contributed by atoms with Crippen molar-refractivity contribution < 1.29 is 22.8 Å². The van der Waals surface area contributed by atoms with Gasteiger partial charge >= 0.3 is 11.8 Å². The Bertz CT molecular complexity index is 486. The average molecular weight is 250 g/mol. The number of fused-ring (bicyclic) bond motifs is 1. The van der Waals surface area contributed by atoms with E-state index in [9.17, 15) is 22.8 Å². The van der Waals surface area contributed by atoms with Gasteiger partial charge in [-0.1, -0.05) is 11.6 Å². The number of anilines is 1. The molecule has 2 rings (SSSR count). The predicted molar refractivity (Wildman–Crippen MR) is 46.8 cm³/mol. The lowest BCUT2D eigenvalue weighted by molar-refractivity contribution is -0.135. The van der Waals surface area contributed by atoms with E-state index in [2.05, 4.69) is 5.32 Å². The third kappa shape index (κ3) is 1.32. The van der Waals surface area contributed by atoms with Gasteiger partial charge in [0.15, 0.2) is 17.5 Å². The summed E-state index contributed by atoms with van der Waals surface area (Å²) in [5, 5.41) is 3.94. The van der Waals surface area contributed by atoms with E-state index in [1.807, 2.05) is 0 Å². The summed E-state index contributed by atoms with van der Waals surface area (Å²) < 4.78 is 39.0. The van der Waals surface area contributed by atoms with E-state index < -0.39 is 45.7 Å². The van der Waals surface area contributed by atoms with E-state index in [0.29, 0.717) is 0 Å². The first-order valence-corrected chi connectivity index (χ1v) is 4.24. The lowest BCUT2D eigenvalue weighted by Crippen LogP contribution is -2.34. The number of carbonyl (C=O) groups is 2. The lowest BCUT2D eigenvalue weighted by Gasteiger charge is -2.17. The summed E-state index contributed by atoms with van der Waals surface area (Å²) in [6.45, 7) is 0. The molecule has 0 spiro atoms. The van der Waals surface area contributed by atoms with Crippen LogP contribution in [0.1, 0.15) is 0 Å². The van der Waals surface area contributed by atoms with E-state index in [-0.39, 0.29) is 0 Å². The van der Waals surface area contributed by atoms with Crippen LogP contribution in [0.4, 0.5) is 24.5 Å². The van der Waals surface area contributed by atoms with Crippen LogP contribution < -0.4 is 10.6 Å². The number of nitrogens with one attached hydrogen (secondary N) is 1. The smallest absolute Gasteiger partial charge is 0.313 e. The highest BCUT2D eigenvalue weighted by Gasteiger charge is 2.33. The molecule has 0 atom stereocenters. The average Bonchev–Trinajstić information content (AvgIpc) is 2.26. The third-order valence-corrected chi connectivity index (χ3v) is 2.23. The minimum Gasteiger partial charge on any atom is -0.313 e. The molecule has 0 aromatic heterocycles. The monoisotopic (exact) mass is 249 g/mol. The summed E-state index contributed by atoms with van der Waals surface area (Å²) in [5.74, 6) is -7.66. The Kier molecular flexibility index (Phi) is 2.27. The normalized spacial score (nSPS) is 14.2. The molecule has 2 amide bonds. The molecule has 1 N–H and O–H groups in total. The molecule has 0 unspecified atom stereocenters. The molecule has 1 aliphatic rings. The van der Waals surface area contributed by atoms with Gasteiger partial charge < -0.3 is 5.32 Å². The Morgan fingerprint density at radius 2 is 1.69 bits per heavy atom. The molecular formula is C8HClF3N2O2. The minimum atomic E-state index is -1.84. The van der Waals surface area contributed by atoms with Crippen molar-refractivity contribution in [1.29, 1.82) is 0 Å². The SMILES string of the molecule is O=C1[N]c2c(Cl)c(F)c(F)c(F)c2NC1=O. The number of nitrogens with zero attached hydrogens (tertiary/aromatic N) is 1. The molecule has 8 heteroatoms. The molecule has 4 nitrogen and oxygen atoms in total. The lowest BCUT2D eigenvalue weighted by atomic mass is 10.2. The molecule has 0 bridgehead atoms. The Morgan fingerprint density at radius 1 is 1.06 bits per heavy atom. The zero-order valence-corrected chi connectivity index (χ0v) is 8.03. The minimum absolute atomic E-state index is 0.623. The third-order valence-electron chi connectivity index (χ3n) is 1.89. The highest BCUT2D eigenvalue weighted by atomic mass is 35.5. The Balaban J connectivity index is 2.74. The maximum atomic E-state index is 13.2. The molecule has 0 saturated carbocycles. The van der Waals surface area contributed by atoms with Crippen molar-refractivity contribution in [3.05, 3.63) is 22.5 Å². The van der Waals surface area contributed by atoms with Crippen LogP contribution >= 0.6 is 11.6 Å². The Hall–Kier alpha value is -1.76. The van der Waals surface area contributed by atoms with Crippen LogP contribution in [0, 0.1) is 17.5 Å². The molecular weight excluding hydrogens is 249 g/mol. The fourth-order valence-corrected chi connectivity index (χ4v) is 1.38. The fraction of sp³-hybridized carbons (Fsp3) is 0. The first-order chi connectivity index (χ1) is 7.43. The number of hydrogen-bond donors (Lipinski definition) is 1. The summed E-state index contributed by atoms with van der Waals surface area (Å²) >= 11 is 5.32. The molecule has 16 heavy (non-hydrogen) atoms. The van der Waals surface area contributed by atoms with Crippen molar-refractivity contribution in [2.75, 3.05) is 5.32 Å². The molecule has 1 radical (unpaired) electrons. The van der Waals surface area contributed by atoms with Crippen molar-refractivity contribution in [3.8, 4) is 0 Å². The van der Waals surface area contributed by atoms with Gasteiger partial charge in [-0.2, -0.15) is 0 Å². The number of amides is 2. The standard InChI is InChI=1S/C8HClF3N2O2/c9-1-2(10)3(11)4(12)6-5(1)13-7(15)8(16)14-6/h(H,14,16). The second kappa shape index (κ2) is 3.38. The molecule has 1 heterocycles. The zero-order chi connectivity index (χ0) is 12.0. The predicted octanol–water partition coefficient (Wildman–Crippen LogP) is 1.47. The first kappa shape index (κ1) is 10.7. The summed E-state index contributed by atoms with van der Waals surface area (Å²) in [4.78, 5) is 21.7. The van der Waals surface area contributed by atoms with Crippen LogP contribution in [-0.2, 0) is 9.59 Å². The fourth-order valence-electron chi connectivity index (χ4n) is 1.16. The highest BCUT2D eigenvalue weighted by molar-refractivity contribution is 6.44. The van der Waals surface area contributed by atoms with E-state index in [4.69, 9.17) is 11.6 Å². The van der Waals surface area contributed by atoms with Gasteiger partial charge in [-0.15, -0.1) is 0 Å². The van der Waals surface area contributed by atoms with Gasteiger partial charge in [0, 0.05) is 0 Å². The molecule has 0 fully saturated rings. The van der Waals surface area contributed by atoms with Gasteiger partial charge in [0.1, 0.15) is 16.4 Å². The summed E-state index contributed by atoms with van der Waals surface area (Å²) in [5.41, 5.74) is -1.36. The summed E-state index contributed by atoms with van der Waals surface area (Å²) in [6.07, 6.45) is 0. The van der Waals surface area contributed by atoms with Gasteiger partial charge in [-0.25, -0.2) is 18.5 Å². The largest absolute Gasteiger partial charge is 0.335 e. The molecule has 1 aromatic rings. The Labute approximate surface area is 91.4 Å². The first-order valence-electron chi connectivity index (χ1n) is 3.86. The van der Waals surface area contributed by atoms with Crippen LogP contribution in [0.15, 0.2) is 0 Å². The van der Waals surface area contributed by atoms with E-state index in [1.54, 1.807) is 5.32 Å². The van der Waals surface area contributed by atoms with Gasteiger partial charge in [0.25, 0.3) is 0 Å². The number of carbonyl (C=O) groups excluding carboxylic acids is 2. The van der Waals surface area contributed by atoms with Crippen LogP contribution in [-0.4, -0.2) is 11.8 Å². The second-order valence-electron chi connectivity index (χ2n) is 2.85. The highest BCUT2D eigenvalue weighted by Crippen LogP contribution is 2.38. The second-order valence-corrected chi connectivity index (χ2v) is 3.23. The van der Waals surface area contributed by atoms with Crippen LogP contribution in [0.2, 0.25) is 5.02 Å². The molecule has 0 saturated heterocycles. The van der Waals surface area contributed by atoms with Crippen molar-refractivity contribution in [2.45, 2.75) is 0 Å². The quantitative estimate of drug-likeness (QED) is 0.430. The van der Waals surface area contributed by atoms with Crippen molar-refractivity contribution >= 4 is 34.8 Å². The zero-order valence-electron chi connectivity index (χ0n) is 7.28. The van der Waals surface area contributed by atoms with Crippen LogP contribution in [0.3, 0.4) is 0 Å². The molecule has 83 valence electrons. The van der Waals surface area contributed by atoms with E-state index in [1.165, 1.54) is 0 Å². The maximum Gasteiger partial charge on any atom is 0.335 e. The van der Waals surface area contributed by atoms with Gasteiger partial charge in [-0.3, -0.25) is 9.59 Å². The number of benzene rings is 1. The Morgan fingerprint density at radius 3 is 2.31 bits per heavy atom. The number of hydrogen-bond acceptors (Lipinski definition) is 2. The van der Waals surface area contributed by atoms with E-state index in [0.717, 1.165) is 0 Å². The number of halogens is 4. The van der Waals surface area contributed by atoms with Gasteiger partial charge in [0.2, 0.25) is 0 Å². The van der Waals surface area contributed by atoms with Crippen LogP contribution in [0.25, 0.3) is 0 Å². The van der Waals surface area contributed by atoms with Crippen molar-refractivity contribution in [2.24, 2.45) is 0 Å².